The zero-order valence-electron chi connectivity index (χ0n) is 19.0. The van der Waals surface area contributed by atoms with Crippen LogP contribution in [0, 0.1) is 13.8 Å². The Morgan fingerprint density at radius 3 is 2.10 bits per heavy atom. The van der Waals surface area contributed by atoms with E-state index in [0.717, 1.165) is 28.0 Å². The van der Waals surface area contributed by atoms with Crippen molar-refractivity contribution in [3.05, 3.63) is 64.7 Å². The molecule has 0 spiro atoms. The van der Waals surface area contributed by atoms with E-state index in [-0.39, 0.29) is 24.3 Å². The van der Waals surface area contributed by atoms with Gasteiger partial charge in [0, 0.05) is 12.6 Å². The molecule has 0 aliphatic heterocycles. The van der Waals surface area contributed by atoms with Crippen LogP contribution in [-0.4, -0.2) is 35.9 Å². The van der Waals surface area contributed by atoms with Gasteiger partial charge < -0.3 is 15.0 Å². The fourth-order valence-corrected chi connectivity index (χ4v) is 3.68. The third-order valence-electron chi connectivity index (χ3n) is 4.97. The van der Waals surface area contributed by atoms with E-state index in [2.05, 4.69) is 11.4 Å². The lowest BCUT2D eigenvalue weighted by Gasteiger charge is -2.31. The second-order valence-electron chi connectivity index (χ2n) is 8.13. The Bertz CT molecular complexity index is 839. The van der Waals surface area contributed by atoms with Gasteiger partial charge in [-0.1, -0.05) is 48.4 Å². The molecule has 0 saturated carbocycles. The summed E-state index contributed by atoms with van der Waals surface area (Å²) in [7, 11) is 1.62. The first-order chi connectivity index (χ1) is 14.2. The highest BCUT2D eigenvalue weighted by Gasteiger charge is 2.29. The number of rotatable bonds is 9. The summed E-state index contributed by atoms with van der Waals surface area (Å²) in [4.78, 5) is 27.9. The second kappa shape index (κ2) is 10.8. The van der Waals surface area contributed by atoms with Crippen molar-refractivity contribution in [1.82, 2.24) is 10.2 Å². The molecule has 0 aliphatic carbocycles. The number of nitrogens with zero attached hydrogens (tertiary/aromatic N) is 1. The standard InChI is InChI=1S/C25H34N2O3/c1-7-23(25(29)26-17(2)3)27(16-20-8-10-22(30-6)11-9-20)24(28)15-21-13-18(4)12-19(5)14-21/h8-14,17,23H,7,15-16H2,1-6H3,(H,26,29)/t23-/m0/s1. The minimum atomic E-state index is -0.520. The minimum Gasteiger partial charge on any atom is -0.497 e. The number of aryl methyl sites for hydroxylation is 2. The largest absolute Gasteiger partial charge is 0.497 e. The van der Waals surface area contributed by atoms with Gasteiger partial charge in [0.05, 0.1) is 13.5 Å². The van der Waals surface area contributed by atoms with Crippen LogP contribution >= 0.6 is 0 Å². The first kappa shape index (κ1) is 23.5. The van der Waals surface area contributed by atoms with E-state index in [0.29, 0.717) is 13.0 Å². The van der Waals surface area contributed by atoms with Crippen molar-refractivity contribution in [3.8, 4) is 5.75 Å². The van der Waals surface area contributed by atoms with Gasteiger partial charge in [-0.15, -0.1) is 0 Å². The maximum absolute atomic E-state index is 13.4. The molecule has 2 aromatic rings. The molecule has 0 fully saturated rings. The number of ether oxygens (including phenoxy) is 1. The molecule has 0 heterocycles. The lowest BCUT2D eigenvalue weighted by atomic mass is 10.0. The Morgan fingerprint density at radius 1 is 1.00 bits per heavy atom. The van der Waals surface area contributed by atoms with Crippen molar-refractivity contribution in [2.24, 2.45) is 0 Å². The average Bonchev–Trinajstić information content (AvgIpc) is 2.66. The number of hydrogen-bond acceptors (Lipinski definition) is 3. The van der Waals surface area contributed by atoms with Crippen LogP contribution in [0.25, 0.3) is 0 Å². The van der Waals surface area contributed by atoms with E-state index in [4.69, 9.17) is 4.74 Å². The van der Waals surface area contributed by atoms with Gasteiger partial charge in [-0.3, -0.25) is 9.59 Å². The quantitative estimate of drug-likeness (QED) is 0.674. The lowest BCUT2D eigenvalue weighted by Crippen LogP contribution is -2.50. The summed E-state index contributed by atoms with van der Waals surface area (Å²) < 4.78 is 5.23. The molecule has 0 radical (unpaired) electrons. The zero-order valence-corrected chi connectivity index (χ0v) is 19.0. The molecule has 30 heavy (non-hydrogen) atoms. The fourth-order valence-electron chi connectivity index (χ4n) is 3.68. The van der Waals surface area contributed by atoms with Crippen LogP contribution < -0.4 is 10.1 Å². The van der Waals surface area contributed by atoms with Gasteiger partial charge in [0.25, 0.3) is 0 Å². The predicted octanol–water partition coefficient (Wildman–Crippen LogP) is 4.19. The molecule has 1 atom stereocenters. The molecule has 0 aromatic heterocycles. The second-order valence-corrected chi connectivity index (χ2v) is 8.13. The number of methoxy groups -OCH3 is 1. The molecular formula is C25H34N2O3. The third-order valence-corrected chi connectivity index (χ3v) is 4.97. The van der Waals surface area contributed by atoms with Gasteiger partial charge in [-0.05, 0) is 57.4 Å². The lowest BCUT2D eigenvalue weighted by molar-refractivity contribution is -0.141. The summed E-state index contributed by atoms with van der Waals surface area (Å²) in [6.07, 6.45) is 0.817. The number of nitrogens with one attached hydrogen (secondary N) is 1. The van der Waals surface area contributed by atoms with Crippen LogP contribution in [0.5, 0.6) is 5.75 Å². The fraction of sp³-hybridized carbons (Fsp3) is 0.440. The monoisotopic (exact) mass is 410 g/mol. The molecule has 0 aliphatic rings. The summed E-state index contributed by atoms with van der Waals surface area (Å²) in [5.41, 5.74) is 4.19. The van der Waals surface area contributed by atoms with Gasteiger partial charge in [0.1, 0.15) is 11.8 Å². The van der Waals surface area contributed by atoms with Crippen LogP contribution in [0.4, 0.5) is 0 Å². The van der Waals surface area contributed by atoms with Crippen molar-refractivity contribution < 1.29 is 14.3 Å². The molecule has 162 valence electrons. The van der Waals surface area contributed by atoms with E-state index in [9.17, 15) is 9.59 Å². The molecule has 5 nitrogen and oxygen atoms in total. The van der Waals surface area contributed by atoms with E-state index in [1.54, 1.807) is 12.0 Å². The van der Waals surface area contributed by atoms with Crippen LogP contribution in [0.1, 0.15) is 49.4 Å². The molecule has 0 bridgehead atoms. The Balaban J connectivity index is 2.31. The minimum absolute atomic E-state index is 0.0175. The van der Waals surface area contributed by atoms with Crippen LogP contribution in [0.3, 0.4) is 0 Å². The Morgan fingerprint density at radius 2 is 1.60 bits per heavy atom. The molecule has 0 saturated heterocycles. The Labute approximate surface area is 180 Å². The average molecular weight is 411 g/mol. The van der Waals surface area contributed by atoms with E-state index in [1.165, 1.54) is 0 Å². The maximum Gasteiger partial charge on any atom is 0.243 e. The molecule has 2 amide bonds. The molecule has 5 heteroatoms. The van der Waals surface area contributed by atoms with Gasteiger partial charge in [0.15, 0.2) is 0 Å². The highest BCUT2D eigenvalue weighted by atomic mass is 16.5. The molecule has 1 N–H and O–H groups in total. The number of carbonyl (C=O) groups excluding carboxylic acids is 2. The zero-order chi connectivity index (χ0) is 22.3. The summed E-state index contributed by atoms with van der Waals surface area (Å²) in [5, 5.41) is 2.96. The molecule has 0 unspecified atom stereocenters. The summed E-state index contributed by atoms with van der Waals surface area (Å²) in [6.45, 7) is 10.2. The molecule has 2 aromatic carbocycles. The van der Waals surface area contributed by atoms with Gasteiger partial charge in [-0.2, -0.15) is 0 Å². The SMILES string of the molecule is CC[C@@H](C(=O)NC(C)C)N(Cc1ccc(OC)cc1)C(=O)Cc1cc(C)cc(C)c1. The van der Waals surface area contributed by atoms with Crippen LogP contribution in [-0.2, 0) is 22.6 Å². The van der Waals surface area contributed by atoms with Crippen LogP contribution in [0.15, 0.2) is 42.5 Å². The van der Waals surface area contributed by atoms with Crippen LogP contribution in [0.2, 0.25) is 0 Å². The van der Waals surface area contributed by atoms with Crippen molar-refractivity contribution in [1.29, 1.82) is 0 Å². The third kappa shape index (κ3) is 6.61. The first-order valence-corrected chi connectivity index (χ1v) is 10.5. The number of hydrogen-bond donors (Lipinski definition) is 1. The van der Waals surface area contributed by atoms with Gasteiger partial charge >= 0.3 is 0 Å². The van der Waals surface area contributed by atoms with Gasteiger partial charge in [0.2, 0.25) is 11.8 Å². The highest BCUT2D eigenvalue weighted by Crippen LogP contribution is 2.18. The van der Waals surface area contributed by atoms with Crippen molar-refractivity contribution >= 4 is 11.8 Å². The van der Waals surface area contributed by atoms with Crippen molar-refractivity contribution in [3.63, 3.8) is 0 Å². The molecule has 2 rings (SSSR count). The smallest absolute Gasteiger partial charge is 0.243 e. The predicted molar refractivity (Wildman–Crippen MR) is 121 cm³/mol. The topological polar surface area (TPSA) is 58.6 Å². The summed E-state index contributed by atoms with van der Waals surface area (Å²) in [5.74, 6) is 0.591. The Hall–Kier alpha value is -2.82. The van der Waals surface area contributed by atoms with Gasteiger partial charge in [-0.25, -0.2) is 0 Å². The number of carbonyl (C=O) groups is 2. The van der Waals surface area contributed by atoms with Crippen molar-refractivity contribution in [2.45, 2.75) is 66.1 Å². The summed E-state index contributed by atoms with van der Waals surface area (Å²) >= 11 is 0. The highest BCUT2D eigenvalue weighted by molar-refractivity contribution is 5.88. The van der Waals surface area contributed by atoms with Crippen molar-refractivity contribution in [2.75, 3.05) is 7.11 Å². The number of benzene rings is 2. The normalized spacial score (nSPS) is 11.8. The Kier molecular flexibility index (Phi) is 8.46. The molecular weight excluding hydrogens is 376 g/mol. The first-order valence-electron chi connectivity index (χ1n) is 10.5. The van der Waals surface area contributed by atoms with E-state index >= 15 is 0 Å². The summed E-state index contributed by atoms with van der Waals surface area (Å²) in [6, 6.07) is 13.3. The van der Waals surface area contributed by atoms with E-state index in [1.807, 2.05) is 71.0 Å². The maximum atomic E-state index is 13.4. The number of amides is 2. The van der Waals surface area contributed by atoms with E-state index < -0.39 is 6.04 Å².